The molecule has 0 saturated heterocycles. The molecule has 100 valence electrons. The van der Waals surface area contributed by atoms with E-state index < -0.39 is 0 Å². The summed E-state index contributed by atoms with van der Waals surface area (Å²) in [5.41, 5.74) is 8.84. The molecule has 0 amide bonds. The molecule has 2 N–H and O–H groups in total. The highest BCUT2D eigenvalue weighted by Gasteiger charge is 2.08. The lowest BCUT2D eigenvalue weighted by Gasteiger charge is -2.11. The average Bonchev–Trinajstić information content (AvgIpc) is 2.46. The molecule has 0 aliphatic rings. The van der Waals surface area contributed by atoms with Gasteiger partial charge in [0.25, 0.3) is 0 Å². The van der Waals surface area contributed by atoms with Crippen molar-refractivity contribution in [1.82, 2.24) is 0 Å². The summed E-state index contributed by atoms with van der Waals surface area (Å²) in [6.07, 6.45) is 0. The standard InChI is InChI=1S/C17H14ClNO/c1-20-17-9-12(14-4-2-3-5-16(14)19)8-11-6-7-13(18)10-15(11)17/h2-10H,19H2,1H3. The van der Waals surface area contributed by atoms with Crippen molar-refractivity contribution >= 4 is 28.1 Å². The molecule has 3 aromatic carbocycles. The predicted molar refractivity (Wildman–Crippen MR) is 85.4 cm³/mol. The van der Waals surface area contributed by atoms with Crippen LogP contribution in [0.2, 0.25) is 5.02 Å². The Kier molecular flexibility index (Phi) is 3.25. The van der Waals surface area contributed by atoms with E-state index in [1.807, 2.05) is 48.5 Å². The second kappa shape index (κ2) is 5.06. The molecule has 0 aliphatic carbocycles. The fourth-order valence-corrected chi connectivity index (χ4v) is 2.55. The summed E-state index contributed by atoms with van der Waals surface area (Å²) in [6.45, 7) is 0. The van der Waals surface area contributed by atoms with Crippen molar-refractivity contribution in [2.45, 2.75) is 0 Å². The van der Waals surface area contributed by atoms with Crippen LogP contribution in [0.1, 0.15) is 0 Å². The second-order valence-electron chi connectivity index (χ2n) is 4.63. The number of hydrogen-bond donors (Lipinski definition) is 1. The molecule has 0 unspecified atom stereocenters. The monoisotopic (exact) mass is 283 g/mol. The minimum Gasteiger partial charge on any atom is -0.496 e. The molecule has 3 aromatic rings. The zero-order valence-electron chi connectivity index (χ0n) is 11.1. The molecule has 0 aromatic heterocycles. The average molecular weight is 284 g/mol. The van der Waals surface area contributed by atoms with Gasteiger partial charge >= 0.3 is 0 Å². The zero-order chi connectivity index (χ0) is 14.1. The molecular weight excluding hydrogens is 270 g/mol. The Morgan fingerprint density at radius 2 is 1.80 bits per heavy atom. The third-order valence-electron chi connectivity index (χ3n) is 3.37. The van der Waals surface area contributed by atoms with E-state index >= 15 is 0 Å². The van der Waals surface area contributed by atoms with Crippen LogP contribution in [0.4, 0.5) is 5.69 Å². The van der Waals surface area contributed by atoms with Crippen LogP contribution in [0, 0.1) is 0 Å². The lowest BCUT2D eigenvalue weighted by Crippen LogP contribution is -1.91. The topological polar surface area (TPSA) is 35.2 Å². The Labute approximate surface area is 122 Å². The molecule has 0 bridgehead atoms. The van der Waals surface area contributed by atoms with Crippen molar-refractivity contribution in [3.05, 3.63) is 59.6 Å². The normalized spacial score (nSPS) is 10.7. The lowest BCUT2D eigenvalue weighted by atomic mass is 9.99. The first-order chi connectivity index (χ1) is 9.69. The van der Waals surface area contributed by atoms with Crippen molar-refractivity contribution in [3.8, 4) is 16.9 Å². The number of ether oxygens (including phenoxy) is 1. The van der Waals surface area contributed by atoms with E-state index in [-0.39, 0.29) is 0 Å². The molecule has 0 spiro atoms. The van der Waals surface area contributed by atoms with Crippen molar-refractivity contribution in [2.75, 3.05) is 12.8 Å². The fourth-order valence-electron chi connectivity index (χ4n) is 2.38. The van der Waals surface area contributed by atoms with E-state index in [2.05, 4.69) is 6.07 Å². The van der Waals surface area contributed by atoms with Crippen molar-refractivity contribution in [1.29, 1.82) is 0 Å². The molecule has 3 heteroatoms. The number of para-hydroxylation sites is 1. The van der Waals surface area contributed by atoms with E-state index in [4.69, 9.17) is 22.1 Å². The van der Waals surface area contributed by atoms with Gasteiger partial charge in [-0.3, -0.25) is 0 Å². The van der Waals surface area contributed by atoms with Crippen molar-refractivity contribution < 1.29 is 4.74 Å². The maximum Gasteiger partial charge on any atom is 0.127 e. The van der Waals surface area contributed by atoms with Gasteiger partial charge in [-0.25, -0.2) is 0 Å². The molecule has 0 atom stereocenters. The number of methoxy groups -OCH3 is 1. The third kappa shape index (κ3) is 2.19. The molecule has 2 nitrogen and oxygen atoms in total. The predicted octanol–water partition coefficient (Wildman–Crippen LogP) is 4.75. The number of hydrogen-bond acceptors (Lipinski definition) is 2. The van der Waals surface area contributed by atoms with Gasteiger partial charge in [-0.2, -0.15) is 0 Å². The van der Waals surface area contributed by atoms with Crippen LogP contribution in [0.15, 0.2) is 54.6 Å². The Morgan fingerprint density at radius 1 is 1.00 bits per heavy atom. The number of fused-ring (bicyclic) bond motifs is 1. The van der Waals surface area contributed by atoms with Crippen LogP contribution in [0.3, 0.4) is 0 Å². The number of rotatable bonds is 2. The molecule has 0 radical (unpaired) electrons. The number of nitrogens with two attached hydrogens (primary N) is 1. The van der Waals surface area contributed by atoms with Crippen molar-refractivity contribution in [3.63, 3.8) is 0 Å². The van der Waals surface area contributed by atoms with Crippen LogP contribution in [-0.2, 0) is 0 Å². The smallest absolute Gasteiger partial charge is 0.127 e. The third-order valence-corrected chi connectivity index (χ3v) is 3.61. The zero-order valence-corrected chi connectivity index (χ0v) is 11.8. The summed E-state index contributed by atoms with van der Waals surface area (Å²) >= 11 is 6.05. The molecule has 0 aliphatic heterocycles. The molecule has 20 heavy (non-hydrogen) atoms. The van der Waals surface area contributed by atoms with Gasteiger partial charge in [0.2, 0.25) is 0 Å². The summed E-state index contributed by atoms with van der Waals surface area (Å²) in [7, 11) is 1.66. The fraction of sp³-hybridized carbons (Fsp3) is 0.0588. The van der Waals surface area contributed by atoms with E-state index in [1.54, 1.807) is 7.11 Å². The highest BCUT2D eigenvalue weighted by molar-refractivity contribution is 6.31. The van der Waals surface area contributed by atoms with Gasteiger partial charge in [-0.05, 0) is 41.3 Å². The Bertz CT molecular complexity index is 783. The first-order valence-corrected chi connectivity index (χ1v) is 6.69. The van der Waals surface area contributed by atoms with Gasteiger partial charge in [0.05, 0.1) is 7.11 Å². The first-order valence-electron chi connectivity index (χ1n) is 6.31. The van der Waals surface area contributed by atoms with E-state index in [1.165, 1.54) is 0 Å². The molecule has 0 fully saturated rings. The molecule has 0 heterocycles. The Hall–Kier alpha value is -2.19. The highest BCUT2D eigenvalue weighted by atomic mass is 35.5. The summed E-state index contributed by atoms with van der Waals surface area (Å²) in [6, 6.07) is 17.7. The van der Waals surface area contributed by atoms with Gasteiger partial charge in [0.1, 0.15) is 5.75 Å². The molecule has 3 rings (SSSR count). The summed E-state index contributed by atoms with van der Waals surface area (Å²) in [5.74, 6) is 0.795. The Balaban J connectivity index is 2.29. The summed E-state index contributed by atoms with van der Waals surface area (Å²) in [4.78, 5) is 0. The summed E-state index contributed by atoms with van der Waals surface area (Å²) < 4.78 is 5.49. The number of halogens is 1. The lowest BCUT2D eigenvalue weighted by molar-refractivity contribution is 0.420. The van der Waals surface area contributed by atoms with E-state index in [0.717, 1.165) is 33.3 Å². The number of anilines is 1. The van der Waals surface area contributed by atoms with Gasteiger partial charge in [-0.1, -0.05) is 35.9 Å². The van der Waals surface area contributed by atoms with E-state index in [0.29, 0.717) is 5.02 Å². The van der Waals surface area contributed by atoms with Gasteiger partial charge in [0, 0.05) is 21.7 Å². The highest BCUT2D eigenvalue weighted by Crippen LogP contribution is 2.35. The van der Waals surface area contributed by atoms with Gasteiger partial charge < -0.3 is 10.5 Å². The molecular formula is C17H14ClNO. The number of nitrogen functional groups attached to an aromatic ring is 1. The minimum absolute atomic E-state index is 0.697. The minimum atomic E-state index is 0.697. The van der Waals surface area contributed by atoms with Crippen LogP contribution in [0.25, 0.3) is 21.9 Å². The SMILES string of the molecule is COc1cc(-c2ccccc2N)cc2ccc(Cl)cc12. The maximum absolute atomic E-state index is 6.05. The van der Waals surface area contributed by atoms with Crippen LogP contribution < -0.4 is 10.5 Å². The van der Waals surface area contributed by atoms with Crippen LogP contribution in [-0.4, -0.2) is 7.11 Å². The quantitative estimate of drug-likeness (QED) is 0.689. The van der Waals surface area contributed by atoms with Gasteiger partial charge in [-0.15, -0.1) is 0 Å². The van der Waals surface area contributed by atoms with Gasteiger partial charge in [0.15, 0.2) is 0 Å². The first kappa shape index (κ1) is 12.8. The number of benzene rings is 3. The van der Waals surface area contributed by atoms with Crippen molar-refractivity contribution in [2.24, 2.45) is 0 Å². The summed E-state index contributed by atoms with van der Waals surface area (Å²) in [5, 5.41) is 2.77. The maximum atomic E-state index is 6.05. The second-order valence-corrected chi connectivity index (χ2v) is 5.07. The Morgan fingerprint density at radius 3 is 2.55 bits per heavy atom. The van der Waals surface area contributed by atoms with Crippen LogP contribution >= 0.6 is 11.6 Å². The largest absolute Gasteiger partial charge is 0.496 e. The van der Waals surface area contributed by atoms with E-state index in [9.17, 15) is 0 Å². The van der Waals surface area contributed by atoms with Crippen LogP contribution in [0.5, 0.6) is 5.75 Å². The molecule has 0 saturated carbocycles.